The van der Waals surface area contributed by atoms with Gasteiger partial charge in [-0.3, -0.25) is 4.79 Å². The summed E-state index contributed by atoms with van der Waals surface area (Å²) >= 11 is 0. The normalized spacial score (nSPS) is 10.5. The van der Waals surface area contributed by atoms with E-state index in [-0.39, 0.29) is 5.97 Å². The van der Waals surface area contributed by atoms with Crippen molar-refractivity contribution in [2.45, 2.75) is 52.1 Å². The van der Waals surface area contributed by atoms with Gasteiger partial charge in [-0.2, -0.15) is 0 Å². The molecule has 1 rings (SSSR count). The molecule has 0 aliphatic heterocycles. The third-order valence-corrected chi connectivity index (χ3v) is 3.33. The third kappa shape index (κ3) is 6.71. The molecule has 0 atom stereocenters. The van der Waals surface area contributed by atoms with Gasteiger partial charge in [-0.25, -0.2) is 0 Å². The predicted octanol–water partition coefficient (Wildman–Crippen LogP) is 3.89. The smallest absolute Gasteiger partial charge is 0.309 e. The maximum absolute atomic E-state index is 11.3. The van der Waals surface area contributed by atoms with Gasteiger partial charge >= 0.3 is 5.97 Å². The Kier molecular flexibility index (Phi) is 8.72. The standard InChI is InChI=1S/C17H26O3/c1-3-4-5-6-9-12-20-14-16-11-8-7-10-15(16)13-17(18)19-2/h7-8,10-11H,3-6,9,12-14H2,1-2H3. The van der Waals surface area contributed by atoms with Crippen LogP contribution in [0.2, 0.25) is 0 Å². The second-order valence-electron chi connectivity index (χ2n) is 4.99. The van der Waals surface area contributed by atoms with Crippen LogP contribution in [-0.4, -0.2) is 19.7 Å². The molecule has 20 heavy (non-hydrogen) atoms. The average Bonchev–Trinajstić information content (AvgIpc) is 2.47. The molecule has 112 valence electrons. The van der Waals surface area contributed by atoms with Gasteiger partial charge < -0.3 is 9.47 Å². The fraction of sp³-hybridized carbons (Fsp3) is 0.588. The van der Waals surface area contributed by atoms with Crippen molar-refractivity contribution in [3.63, 3.8) is 0 Å². The van der Waals surface area contributed by atoms with Gasteiger partial charge in [0, 0.05) is 6.61 Å². The first-order valence-corrected chi connectivity index (χ1v) is 7.49. The van der Waals surface area contributed by atoms with Crippen molar-refractivity contribution in [2.75, 3.05) is 13.7 Å². The molecule has 1 aromatic rings. The Balaban J connectivity index is 2.30. The summed E-state index contributed by atoms with van der Waals surface area (Å²) in [7, 11) is 1.41. The predicted molar refractivity (Wildman–Crippen MR) is 80.6 cm³/mol. The van der Waals surface area contributed by atoms with E-state index in [1.807, 2.05) is 24.3 Å². The molecular weight excluding hydrogens is 252 g/mol. The zero-order valence-corrected chi connectivity index (χ0v) is 12.7. The molecule has 0 bridgehead atoms. The van der Waals surface area contributed by atoms with Gasteiger partial charge in [0.25, 0.3) is 0 Å². The van der Waals surface area contributed by atoms with Crippen LogP contribution in [0.15, 0.2) is 24.3 Å². The van der Waals surface area contributed by atoms with E-state index in [1.165, 1.54) is 32.8 Å². The van der Waals surface area contributed by atoms with Gasteiger partial charge in [0.2, 0.25) is 0 Å². The van der Waals surface area contributed by atoms with Crippen molar-refractivity contribution in [3.05, 3.63) is 35.4 Å². The molecule has 0 unspecified atom stereocenters. The highest BCUT2D eigenvalue weighted by Crippen LogP contribution is 2.12. The molecule has 0 aromatic heterocycles. The zero-order chi connectivity index (χ0) is 14.6. The Labute approximate surface area is 122 Å². The van der Waals surface area contributed by atoms with Gasteiger partial charge in [-0.15, -0.1) is 0 Å². The first-order valence-electron chi connectivity index (χ1n) is 7.49. The summed E-state index contributed by atoms with van der Waals surface area (Å²) in [4.78, 5) is 11.3. The van der Waals surface area contributed by atoms with Crippen LogP contribution in [0.3, 0.4) is 0 Å². The minimum Gasteiger partial charge on any atom is -0.469 e. The Hall–Kier alpha value is -1.35. The van der Waals surface area contributed by atoms with Gasteiger partial charge in [0.15, 0.2) is 0 Å². The van der Waals surface area contributed by atoms with Crippen LogP contribution in [-0.2, 0) is 27.3 Å². The van der Waals surface area contributed by atoms with E-state index in [2.05, 4.69) is 6.92 Å². The van der Waals surface area contributed by atoms with Gasteiger partial charge in [0.1, 0.15) is 0 Å². The molecule has 0 N–H and O–H groups in total. The number of benzene rings is 1. The van der Waals surface area contributed by atoms with E-state index >= 15 is 0 Å². The van der Waals surface area contributed by atoms with Crippen LogP contribution < -0.4 is 0 Å². The fourth-order valence-electron chi connectivity index (χ4n) is 2.09. The summed E-state index contributed by atoms with van der Waals surface area (Å²) in [6.07, 6.45) is 6.52. The second kappa shape index (κ2) is 10.4. The number of esters is 1. The lowest BCUT2D eigenvalue weighted by Crippen LogP contribution is -2.07. The second-order valence-corrected chi connectivity index (χ2v) is 4.99. The van der Waals surface area contributed by atoms with Gasteiger partial charge in [0.05, 0.1) is 20.1 Å². The van der Waals surface area contributed by atoms with Crippen molar-refractivity contribution >= 4 is 5.97 Å². The number of carbonyl (C=O) groups excluding carboxylic acids is 1. The van der Waals surface area contributed by atoms with Crippen LogP contribution in [0.1, 0.15) is 50.2 Å². The number of rotatable bonds is 10. The van der Waals surface area contributed by atoms with Crippen LogP contribution in [0.25, 0.3) is 0 Å². The quantitative estimate of drug-likeness (QED) is 0.481. The lowest BCUT2D eigenvalue weighted by molar-refractivity contribution is -0.139. The highest BCUT2D eigenvalue weighted by Gasteiger charge is 2.07. The minimum absolute atomic E-state index is 0.211. The molecule has 0 heterocycles. The number of methoxy groups -OCH3 is 1. The maximum Gasteiger partial charge on any atom is 0.309 e. The van der Waals surface area contributed by atoms with Gasteiger partial charge in [-0.05, 0) is 17.5 Å². The summed E-state index contributed by atoms with van der Waals surface area (Å²) in [5.41, 5.74) is 2.07. The van der Waals surface area contributed by atoms with Crippen molar-refractivity contribution in [1.82, 2.24) is 0 Å². The van der Waals surface area contributed by atoms with Crippen molar-refractivity contribution in [1.29, 1.82) is 0 Å². The number of ether oxygens (including phenoxy) is 2. The topological polar surface area (TPSA) is 35.5 Å². The molecule has 0 saturated carbocycles. The lowest BCUT2D eigenvalue weighted by atomic mass is 10.1. The summed E-state index contributed by atoms with van der Waals surface area (Å²) in [6, 6.07) is 7.87. The van der Waals surface area contributed by atoms with Gasteiger partial charge in [-0.1, -0.05) is 56.9 Å². The maximum atomic E-state index is 11.3. The van der Waals surface area contributed by atoms with E-state index in [0.29, 0.717) is 13.0 Å². The summed E-state index contributed by atoms with van der Waals surface area (Å²) in [5.74, 6) is -0.211. The number of hydrogen-bond acceptors (Lipinski definition) is 3. The fourth-order valence-corrected chi connectivity index (χ4v) is 2.09. The van der Waals surface area contributed by atoms with E-state index in [1.54, 1.807) is 0 Å². The molecule has 0 aliphatic carbocycles. The Morgan fingerprint density at radius 1 is 1.05 bits per heavy atom. The van der Waals surface area contributed by atoms with Crippen LogP contribution in [0.5, 0.6) is 0 Å². The molecule has 0 saturated heterocycles. The van der Waals surface area contributed by atoms with Crippen LogP contribution >= 0.6 is 0 Å². The highest BCUT2D eigenvalue weighted by molar-refractivity contribution is 5.72. The molecule has 0 aliphatic rings. The zero-order valence-electron chi connectivity index (χ0n) is 12.7. The molecule has 1 aromatic carbocycles. The van der Waals surface area contributed by atoms with Crippen molar-refractivity contribution in [2.24, 2.45) is 0 Å². The number of carbonyl (C=O) groups is 1. The van der Waals surface area contributed by atoms with Crippen molar-refractivity contribution in [3.8, 4) is 0 Å². The average molecular weight is 278 g/mol. The molecular formula is C17H26O3. The first-order chi connectivity index (χ1) is 9.77. The van der Waals surface area contributed by atoms with Crippen molar-refractivity contribution < 1.29 is 14.3 Å². The Morgan fingerprint density at radius 2 is 1.75 bits per heavy atom. The molecule has 0 radical (unpaired) electrons. The molecule has 0 spiro atoms. The lowest BCUT2D eigenvalue weighted by Gasteiger charge is -2.09. The van der Waals surface area contributed by atoms with E-state index in [4.69, 9.17) is 9.47 Å². The highest BCUT2D eigenvalue weighted by atomic mass is 16.5. The van der Waals surface area contributed by atoms with E-state index in [9.17, 15) is 4.79 Å². The number of unbranched alkanes of at least 4 members (excludes halogenated alkanes) is 4. The minimum atomic E-state index is -0.211. The molecule has 3 heteroatoms. The summed E-state index contributed by atoms with van der Waals surface area (Å²) in [6.45, 7) is 3.58. The first kappa shape index (κ1) is 16.7. The SMILES string of the molecule is CCCCCCCOCc1ccccc1CC(=O)OC. The van der Waals surface area contributed by atoms with E-state index in [0.717, 1.165) is 24.2 Å². The monoisotopic (exact) mass is 278 g/mol. The largest absolute Gasteiger partial charge is 0.469 e. The summed E-state index contributed by atoms with van der Waals surface area (Å²) in [5, 5.41) is 0. The Bertz CT molecular complexity index is 388. The molecule has 0 fully saturated rings. The molecule has 3 nitrogen and oxygen atoms in total. The van der Waals surface area contributed by atoms with E-state index < -0.39 is 0 Å². The summed E-state index contributed by atoms with van der Waals surface area (Å²) < 4.78 is 10.4. The van der Waals surface area contributed by atoms with Crippen LogP contribution in [0, 0.1) is 0 Å². The number of hydrogen-bond donors (Lipinski definition) is 0. The van der Waals surface area contributed by atoms with Crippen LogP contribution in [0.4, 0.5) is 0 Å². The molecule has 0 amide bonds. The third-order valence-electron chi connectivity index (χ3n) is 3.33. The Morgan fingerprint density at radius 3 is 2.45 bits per heavy atom.